The van der Waals surface area contributed by atoms with Gasteiger partial charge in [-0.15, -0.1) is 12.3 Å². The third-order valence-electron chi connectivity index (χ3n) is 1.56. The maximum absolute atomic E-state index is 12.9. The molecule has 1 aromatic rings. The van der Waals surface area contributed by atoms with Crippen molar-refractivity contribution in [2.75, 3.05) is 6.61 Å². The van der Waals surface area contributed by atoms with E-state index in [1.807, 2.05) is 0 Å². The molecular formula is C10H6F4O. The number of halogens is 4. The molecule has 1 aromatic carbocycles. The van der Waals surface area contributed by atoms with E-state index in [9.17, 15) is 17.6 Å². The Morgan fingerprint density at radius 2 is 1.67 bits per heavy atom. The number of hydrogen-bond donors (Lipinski definition) is 0. The van der Waals surface area contributed by atoms with Gasteiger partial charge >= 0.3 is 0 Å². The van der Waals surface area contributed by atoms with Crippen LogP contribution in [-0.4, -0.2) is 6.61 Å². The molecule has 0 aliphatic heterocycles. The van der Waals surface area contributed by atoms with Gasteiger partial charge in [0, 0.05) is 12.5 Å². The van der Waals surface area contributed by atoms with Crippen molar-refractivity contribution >= 4 is 0 Å². The van der Waals surface area contributed by atoms with Crippen molar-refractivity contribution in [2.45, 2.75) is 6.42 Å². The molecule has 0 fully saturated rings. The molecule has 0 saturated carbocycles. The molecule has 0 bridgehead atoms. The molecule has 1 rings (SSSR count). The van der Waals surface area contributed by atoms with E-state index < -0.39 is 29.0 Å². The standard InChI is InChI=1S/C10H6F4O/c1-2-3-4-15-10-8(13)6(11)5-7(12)9(10)14/h1,5H,3-4H2. The molecule has 0 heterocycles. The van der Waals surface area contributed by atoms with Crippen LogP contribution in [0.3, 0.4) is 0 Å². The van der Waals surface area contributed by atoms with Crippen LogP contribution in [0.1, 0.15) is 6.42 Å². The summed E-state index contributed by atoms with van der Waals surface area (Å²) in [7, 11) is 0. The highest BCUT2D eigenvalue weighted by Gasteiger charge is 2.20. The zero-order valence-electron chi connectivity index (χ0n) is 7.49. The summed E-state index contributed by atoms with van der Waals surface area (Å²) in [5.74, 6) is -5.08. The van der Waals surface area contributed by atoms with Gasteiger partial charge in [-0.25, -0.2) is 8.78 Å². The van der Waals surface area contributed by atoms with E-state index in [1.165, 1.54) is 0 Å². The lowest BCUT2D eigenvalue weighted by Gasteiger charge is -2.07. The third kappa shape index (κ3) is 2.40. The molecule has 1 nitrogen and oxygen atoms in total. The topological polar surface area (TPSA) is 9.23 Å². The summed E-state index contributed by atoms with van der Waals surface area (Å²) < 4.78 is 55.6. The van der Waals surface area contributed by atoms with Crippen LogP contribution in [0.4, 0.5) is 17.6 Å². The molecule has 0 atom stereocenters. The lowest BCUT2D eigenvalue weighted by Crippen LogP contribution is -2.04. The van der Waals surface area contributed by atoms with Crippen molar-refractivity contribution in [3.8, 4) is 18.1 Å². The normalized spacial score (nSPS) is 9.80. The average molecular weight is 218 g/mol. The zero-order valence-corrected chi connectivity index (χ0v) is 7.49. The summed E-state index contributed by atoms with van der Waals surface area (Å²) in [5.41, 5.74) is 0. The van der Waals surface area contributed by atoms with Crippen LogP contribution in [0, 0.1) is 35.6 Å². The number of hydrogen-bond acceptors (Lipinski definition) is 1. The fourth-order valence-corrected chi connectivity index (χ4v) is 0.890. The lowest BCUT2D eigenvalue weighted by molar-refractivity contribution is 0.278. The first-order valence-corrected chi connectivity index (χ1v) is 3.97. The van der Waals surface area contributed by atoms with Crippen LogP contribution in [0.5, 0.6) is 5.75 Å². The van der Waals surface area contributed by atoms with Crippen LogP contribution in [0.2, 0.25) is 0 Å². The molecule has 0 aromatic heterocycles. The molecule has 0 amide bonds. The Bertz CT molecular complexity index is 383. The molecule has 80 valence electrons. The van der Waals surface area contributed by atoms with Crippen molar-refractivity contribution in [3.63, 3.8) is 0 Å². The summed E-state index contributed by atoms with van der Waals surface area (Å²) in [6, 6.07) is 0.110. The SMILES string of the molecule is C#CCCOc1c(F)c(F)cc(F)c1F. The molecule has 0 unspecified atom stereocenters. The highest BCUT2D eigenvalue weighted by atomic mass is 19.2. The summed E-state index contributed by atoms with van der Waals surface area (Å²) >= 11 is 0. The van der Waals surface area contributed by atoms with E-state index in [4.69, 9.17) is 6.42 Å². The summed E-state index contributed by atoms with van der Waals surface area (Å²) in [5, 5.41) is 0. The van der Waals surface area contributed by atoms with Crippen LogP contribution in [-0.2, 0) is 0 Å². The van der Waals surface area contributed by atoms with Crippen molar-refractivity contribution in [1.29, 1.82) is 0 Å². The van der Waals surface area contributed by atoms with Gasteiger partial charge in [0.25, 0.3) is 0 Å². The molecule has 15 heavy (non-hydrogen) atoms. The van der Waals surface area contributed by atoms with Gasteiger partial charge in [0.15, 0.2) is 17.4 Å². The highest BCUT2D eigenvalue weighted by molar-refractivity contribution is 5.28. The molecule has 0 N–H and O–H groups in total. The van der Waals surface area contributed by atoms with Gasteiger partial charge in [-0.3, -0.25) is 0 Å². The van der Waals surface area contributed by atoms with E-state index in [-0.39, 0.29) is 19.1 Å². The summed E-state index contributed by atoms with van der Waals surface area (Å²) in [6.45, 7) is -0.215. The second-order valence-corrected chi connectivity index (χ2v) is 2.60. The van der Waals surface area contributed by atoms with Crippen LogP contribution in [0.15, 0.2) is 6.07 Å². The largest absolute Gasteiger partial charge is 0.486 e. The zero-order chi connectivity index (χ0) is 11.4. The molecule has 0 radical (unpaired) electrons. The fraction of sp³-hybridized carbons (Fsp3) is 0.200. The predicted octanol–water partition coefficient (Wildman–Crippen LogP) is 2.65. The van der Waals surface area contributed by atoms with Crippen molar-refractivity contribution < 1.29 is 22.3 Å². The molecule has 0 saturated heterocycles. The van der Waals surface area contributed by atoms with Gasteiger partial charge in [-0.2, -0.15) is 8.78 Å². The smallest absolute Gasteiger partial charge is 0.203 e. The monoisotopic (exact) mass is 218 g/mol. The Morgan fingerprint density at radius 3 is 2.13 bits per heavy atom. The van der Waals surface area contributed by atoms with Gasteiger partial charge in [-0.1, -0.05) is 0 Å². The minimum atomic E-state index is -1.56. The van der Waals surface area contributed by atoms with Gasteiger partial charge < -0.3 is 4.74 Å². The minimum Gasteiger partial charge on any atom is -0.486 e. The molecule has 0 aliphatic rings. The van der Waals surface area contributed by atoms with Gasteiger partial charge in [0.05, 0.1) is 6.61 Å². The summed E-state index contributed by atoms with van der Waals surface area (Å²) in [4.78, 5) is 0. The Kier molecular flexibility index (Phi) is 3.56. The molecule has 5 heteroatoms. The Hall–Kier alpha value is -1.70. The van der Waals surface area contributed by atoms with Gasteiger partial charge in [0.2, 0.25) is 11.6 Å². The molecular weight excluding hydrogens is 212 g/mol. The van der Waals surface area contributed by atoms with E-state index in [1.54, 1.807) is 0 Å². The predicted molar refractivity (Wildman–Crippen MR) is 45.2 cm³/mol. The number of terminal acetylenes is 1. The van der Waals surface area contributed by atoms with Crippen molar-refractivity contribution in [3.05, 3.63) is 29.3 Å². The third-order valence-corrected chi connectivity index (χ3v) is 1.56. The van der Waals surface area contributed by atoms with Crippen LogP contribution >= 0.6 is 0 Å². The van der Waals surface area contributed by atoms with Gasteiger partial charge in [-0.05, 0) is 0 Å². The quantitative estimate of drug-likeness (QED) is 0.328. The Labute approximate surface area is 83.7 Å². The Balaban J connectivity index is 3.00. The number of ether oxygens (including phenoxy) is 1. The first-order chi connectivity index (χ1) is 7.07. The second-order valence-electron chi connectivity index (χ2n) is 2.60. The van der Waals surface area contributed by atoms with E-state index in [0.29, 0.717) is 0 Å². The maximum atomic E-state index is 12.9. The Morgan fingerprint density at radius 1 is 1.13 bits per heavy atom. The first kappa shape index (κ1) is 11.4. The van der Waals surface area contributed by atoms with Crippen molar-refractivity contribution in [1.82, 2.24) is 0 Å². The maximum Gasteiger partial charge on any atom is 0.203 e. The number of benzene rings is 1. The average Bonchev–Trinajstić information content (AvgIpc) is 2.20. The van der Waals surface area contributed by atoms with Crippen LogP contribution < -0.4 is 4.74 Å². The van der Waals surface area contributed by atoms with Crippen LogP contribution in [0.25, 0.3) is 0 Å². The van der Waals surface area contributed by atoms with E-state index >= 15 is 0 Å². The summed E-state index contributed by atoms with van der Waals surface area (Å²) in [6.07, 6.45) is 4.94. The molecule has 0 aliphatic carbocycles. The second kappa shape index (κ2) is 4.69. The number of rotatable bonds is 3. The minimum absolute atomic E-state index is 0.0804. The van der Waals surface area contributed by atoms with Gasteiger partial charge in [0.1, 0.15) is 0 Å². The lowest BCUT2D eigenvalue weighted by atomic mass is 10.3. The molecule has 0 spiro atoms. The fourth-order valence-electron chi connectivity index (χ4n) is 0.890. The van der Waals surface area contributed by atoms with E-state index in [0.717, 1.165) is 0 Å². The van der Waals surface area contributed by atoms with E-state index in [2.05, 4.69) is 10.7 Å². The first-order valence-electron chi connectivity index (χ1n) is 3.97. The highest BCUT2D eigenvalue weighted by Crippen LogP contribution is 2.26. The van der Waals surface area contributed by atoms with Crippen molar-refractivity contribution in [2.24, 2.45) is 0 Å².